The Kier molecular flexibility index (Phi) is 4.10. The third-order valence-corrected chi connectivity index (χ3v) is 3.18. The van der Waals surface area contributed by atoms with Crippen LogP contribution in [-0.4, -0.2) is 47.1 Å². The second-order valence-electron chi connectivity index (χ2n) is 4.46. The number of aromatic nitrogens is 3. The highest BCUT2D eigenvalue weighted by Crippen LogP contribution is 2.27. The molecular weight excluding hydrogens is 250 g/mol. The minimum absolute atomic E-state index is 0.0801. The van der Waals surface area contributed by atoms with Crippen molar-refractivity contribution in [1.82, 2.24) is 20.3 Å². The molecule has 2 rings (SSSR count). The van der Waals surface area contributed by atoms with Crippen LogP contribution in [0.25, 0.3) is 0 Å². The van der Waals surface area contributed by atoms with Crippen LogP contribution < -0.4 is 11.1 Å². The first-order chi connectivity index (χ1) is 9.13. The lowest BCUT2D eigenvalue weighted by Gasteiger charge is -2.23. The van der Waals surface area contributed by atoms with Gasteiger partial charge in [-0.25, -0.2) is 9.48 Å². The molecule has 2 heterocycles. The van der Waals surface area contributed by atoms with E-state index in [4.69, 9.17) is 10.5 Å². The van der Waals surface area contributed by atoms with Crippen LogP contribution in [0.2, 0.25) is 0 Å². The molecule has 0 aromatic carbocycles. The van der Waals surface area contributed by atoms with Gasteiger partial charge in [0.2, 0.25) is 5.91 Å². The summed E-state index contributed by atoms with van der Waals surface area (Å²) in [4.78, 5) is 22.8. The van der Waals surface area contributed by atoms with Crippen molar-refractivity contribution >= 4 is 11.9 Å². The van der Waals surface area contributed by atoms with E-state index in [-0.39, 0.29) is 18.2 Å². The summed E-state index contributed by atoms with van der Waals surface area (Å²) >= 11 is 0. The fourth-order valence-electron chi connectivity index (χ4n) is 2.33. The predicted octanol–water partition coefficient (Wildman–Crippen LogP) is -0.983. The second-order valence-corrected chi connectivity index (χ2v) is 4.46. The fraction of sp³-hybridized carbons (Fsp3) is 0.636. The molecule has 0 atom stereocenters. The van der Waals surface area contributed by atoms with Gasteiger partial charge in [0.25, 0.3) is 0 Å². The van der Waals surface area contributed by atoms with Gasteiger partial charge in [0.05, 0.1) is 12.8 Å². The zero-order chi connectivity index (χ0) is 13.8. The van der Waals surface area contributed by atoms with Crippen LogP contribution in [0.1, 0.15) is 34.9 Å². The second kappa shape index (κ2) is 5.79. The van der Waals surface area contributed by atoms with Crippen molar-refractivity contribution < 1.29 is 14.3 Å². The van der Waals surface area contributed by atoms with Crippen molar-refractivity contribution in [3.05, 3.63) is 11.4 Å². The van der Waals surface area contributed by atoms with Gasteiger partial charge in [0.1, 0.15) is 6.54 Å². The van der Waals surface area contributed by atoms with E-state index < -0.39 is 11.9 Å². The monoisotopic (exact) mass is 267 g/mol. The summed E-state index contributed by atoms with van der Waals surface area (Å²) in [6.45, 7) is 1.63. The molecule has 0 radical (unpaired) electrons. The number of hydrogen-bond donors (Lipinski definition) is 2. The molecule has 8 heteroatoms. The summed E-state index contributed by atoms with van der Waals surface area (Å²) in [5.74, 6) is -0.926. The molecule has 0 unspecified atom stereocenters. The molecule has 104 valence electrons. The van der Waals surface area contributed by atoms with Crippen molar-refractivity contribution in [1.29, 1.82) is 0 Å². The van der Waals surface area contributed by atoms with Gasteiger partial charge in [0, 0.05) is 5.92 Å². The van der Waals surface area contributed by atoms with Crippen molar-refractivity contribution in [2.75, 3.05) is 20.2 Å². The molecule has 0 bridgehead atoms. The van der Waals surface area contributed by atoms with Gasteiger partial charge < -0.3 is 15.8 Å². The van der Waals surface area contributed by atoms with Crippen molar-refractivity contribution in [2.24, 2.45) is 5.73 Å². The lowest BCUT2D eigenvalue weighted by molar-refractivity contribution is -0.118. The number of methoxy groups -OCH3 is 1. The summed E-state index contributed by atoms with van der Waals surface area (Å²) < 4.78 is 6.11. The Hall–Kier alpha value is -1.96. The highest BCUT2D eigenvalue weighted by molar-refractivity contribution is 5.88. The molecule has 1 aliphatic heterocycles. The van der Waals surface area contributed by atoms with Crippen LogP contribution in [0, 0.1) is 0 Å². The molecule has 8 nitrogen and oxygen atoms in total. The normalized spacial score (nSPS) is 16.3. The van der Waals surface area contributed by atoms with Crippen molar-refractivity contribution in [3.8, 4) is 0 Å². The average molecular weight is 267 g/mol. The van der Waals surface area contributed by atoms with Crippen molar-refractivity contribution in [2.45, 2.75) is 25.3 Å². The zero-order valence-electron chi connectivity index (χ0n) is 10.8. The van der Waals surface area contributed by atoms with Crippen LogP contribution in [0.5, 0.6) is 0 Å². The van der Waals surface area contributed by atoms with E-state index in [1.807, 2.05) is 0 Å². The molecule has 1 fully saturated rings. The number of primary amides is 1. The molecule has 0 aliphatic carbocycles. The maximum atomic E-state index is 11.7. The molecule has 3 N–H and O–H groups in total. The smallest absolute Gasteiger partial charge is 0.360 e. The number of esters is 1. The molecule has 19 heavy (non-hydrogen) atoms. The van der Waals surface area contributed by atoms with Gasteiger partial charge in [-0.05, 0) is 25.9 Å². The summed E-state index contributed by atoms with van der Waals surface area (Å²) in [6, 6.07) is 0. The topological polar surface area (TPSA) is 112 Å². The lowest BCUT2D eigenvalue weighted by Crippen LogP contribution is -2.30. The fourth-order valence-corrected chi connectivity index (χ4v) is 2.33. The maximum absolute atomic E-state index is 11.7. The largest absolute Gasteiger partial charge is 0.464 e. The molecular formula is C11H17N5O3. The minimum atomic E-state index is -0.538. The third kappa shape index (κ3) is 2.90. The van der Waals surface area contributed by atoms with Gasteiger partial charge in [-0.2, -0.15) is 0 Å². The summed E-state index contributed by atoms with van der Waals surface area (Å²) in [5, 5.41) is 10.9. The number of nitrogens with one attached hydrogen (secondary N) is 1. The number of hydrogen-bond acceptors (Lipinski definition) is 6. The third-order valence-electron chi connectivity index (χ3n) is 3.18. The van der Waals surface area contributed by atoms with Crippen LogP contribution in [0.3, 0.4) is 0 Å². The lowest BCUT2D eigenvalue weighted by atomic mass is 9.93. The number of carbonyl (C=O) groups excluding carboxylic acids is 2. The first-order valence-corrected chi connectivity index (χ1v) is 6.14. The van der Waals surface area contributed by atoms with E-state index in [1.165, 1.54) is 11.8 Å². The molecule has 1 aromatic heterocycles. The first kappa shape index (κ1) is 13.5. The van der Waals surface area contributed by atoms with Crippen LogP contribution in [0.4, 0.5) is 0 Å². The molecule has 1 aliphatic rings. The molecule has 1 amide bonds. The quantitative estimate of drug-likeness (QED) is 0.678. The molecule has 1 aromatic rings. The number of piperidine rings is 1. The summed E-state index contributed by atoms with van der Waals surface area (Å²) in [5.41, 5.74) is 6.01. The Balaban J connectivity index is 2.36. The van der Waals surface area contributed by atoms with E-state index >= 15 is 0 Å². The number of rotatable bonds is 4. The number of carbonyl (C=O) groups is 2. The Morgan fingerprint density at radius 1 is 1.47 bits per heavy atom. The molecule has 1 saturated heterocycles. The molecule has 0 saturated carbocycles. The number of nitrogens with zero attached hydrogens (tertiary/aromatic N) is 3. The Morgan fingerprint density at radius 2 is 2.16 bits per heavy atom. The van der Waals surface area contributed by atoms with Gasteiger partial charge >= 0.3 is 5.97 Å². The average Bonchev–Trinajstić information content (AvgIpc) is 2.81. The van der Waals surface area contributed by atoms with Gasteiger partial charge in [-0.3, -0.25) is 4.79 Å². The number of nitrogens with two attached hydrogens (primary N) is 1. The van der Waals surface area contributed by atoms with E-state index in [9.17, 15) is 9.59 Å². The minimum Gasteiger partial charge on any atom is -0.464 e. The Morgan fingerprint density at radius 3 is 2.74 bits per heavy atom. The van der Waals surface area contributed by atoms with Crippen LogP contribution in [-0.2, 0) is 16.1 Å². The Bertz CT molecular complexity index is 479. The highest BCUT2D eigenvalue weighted by Gasteiger charge is 2.28. The SMILES string of the molecule is COC(=O)c1nnn(CC(N)=O)c1C1CCNCC1. The zero-order valence-corrected chi connectivity index (χ0v) is 10.8. The highest BCUT2D eigenvalue weighted by atomic mass is 16.5. The van der Waals surface area contributed by atoms with E-state index in [2.05, 4.69) is 15.6 Å². The van der Waals surface area contributed by atoms with E-state index in [0.29, 0.717) is 5.69 Å². The van der Waals surface area contributed by atoms with E-state index in [1.54, 1.807) is 0 Å². The van der Waals surface area contributed by atoms with Gasteiger partial charge in [-0.1, -0.05) is 5.21 Å². The van der Waals surface area contributed by atoms with E-state index in [0.717, 1.165) is 25.9 Å². The van der Waals surface area contributed by atoms with Gasteiger partial charge in [0.15, 0.2) is 5.69 Å². The predicted molar refractivity (Wildman–Crippen MR) is 65.4 cm³/mol. The van der Waals surface area contributed by atoms with Crippen molar-refractivity contribution in [3.63, 3.8) is 0 Å². The van der Waals surface area contributed by atoms with Gasteiger partial charge in [-0.15, -0.1) is 5.10 Å². The van der Waals surface area contributed by atoms with Crippen LogP contribution >= 0.6 is 0 Å². The number of amides is 1. The van der Waals surface area contributed by atoms with Crippen LogP contribution in [0.15, 0.2) is 0 Å². The Labute approximate surface area is 110 Å². The summed E-state index contributed by atoms with van der Waals surface area (Å²) in [6.07, 6.45) is 1.71. The maximum Gasteiger partial charge on any atom is 0.360 e. The molecule has 0 spiro atoms. The first-order valence-electron chi connectivity index (χ1n) is 6.14. The summed E-state index contributed by atoms with van der Waals surface area (Å²) in [7, 11) is 1.29. The standard InChI is InChI=1S/C11H17N5O3/c1-19-11(18)9-10(7-2-4-13-5-3-7)16(15-14-9)6-8(12)17/h7,13H,2-6H2,1H3,(H2,12,17). The number of ether oxygens (including phenoxy) is 1.